The number of carbonyl (C=O) groups excluding carboxylic acids is 1. The van der Waals surface area contributed by atoms with Gasteiger partial charge in [0, 0.05) is 7.05 Å². The van der Waals surface area contributed by atoms with Crippen LogP contribution in [0.5, 0.6) is 5.75 Å². The second kappa shape index (κ2) is 7.01. The lowest BCUT2D eigenvalue weighted by Gasteiger charge is -2.29. The smallest absolute Gasteiger partial charge is 0.256 e. The van der Waals surface area contributed by atoms with E-state index in [1.54, 1.807) is 19.2 Å². The highest BCUT2D eigenvalue weighted by Crippen LogP contribution is 2.29. The Morgan fingerprint density at radius 3 is 2.50 bits per heavy atom. The highest BCUT2D eigenvalue weighted by atomic mass is 19.1. The first-order valence-corrected chi connectivity index (χ1v) is 7.99. The Balaban J connectivity index is 1.69. The van der Waals surface area contributed by atoms with E-state index in [0.717, 1.165) is 0 Å². The number of aliphatic hydroxyl groups excluding tert-OH is 1. The normalized spacial score (nSPS) is 23.0. The summed E-state index contributed by atoms with van der Waals surface area (Å²) in [7, 11) is 1.59. The fourth-order valence-corrected chi connectivity index (χ4v) is 3.12. The third-order valence-corrected chi connectivity index (χ3v) is 4.47. The lowest BCUT2D eigenvalue weighted by atomic mass is 10.1. The number of likely N-dealkylation sites (N-methyl/N-ethyl adjacent to an activating group) is 1. The van der Waals surface area contributed by atoms with Gasteiger partial charge in [-0.1, -0.05) is 30.3 Å². The molecule has 0 aliphatic heterocycles. The fraction of sp³-hybridized carbons (Fsp3) is 0.316. The number of benzene rings is 2. The molecule has 1 aliphatic rings. The van der Waals surface area contributed by atoms with E-state index in [1.165, 1.54) is 17.0 Å². The van der Waals surface area contributed by atoms with Gasteiger partial charge in [0.05, 0.1) is 11.6 Å². The van der Waals surface area contributed by atoms with Crippen molar-refractivity contribution < 1.29 is 19.0 Å². The Bertz CT molecular complexity index is 707. The highest BCUT2D eigenvalue weighted by Gasteiger charge is 2.40. The summed E-state index contributed by atoms with van der Waals surface area (Å²) in [5.41, 5.74) is 0.0135. The van der Waals surface area contributed by atoms with Crippen molar-refractivity contribution in [2.45, 2.75) is 31.1 Å². The Labute approximate surface area is 140 Å². The van der Waals surface area contributed by atoms with Gasteiger partial charge in [0.25, 0.3) is 5.91 Å². The van der Waals surface area contributed by atoms with Gasteiger partial charge in [-0.25, -0.2) is 4.39 Å². The van der Waals surface area contributed by atoms with Crippen molar-refractivity contribution in [2.75, 3.05) is 7.05 Å². The van der Waals surface area contributed by atoms with Crippen molar-refractivity contribution >= 4 is 5.91 Å². The zero-order valence-corrected chi connectivity index (χ0v) is 13.4. The van der Waals surface area contributed by atoms with Gasteiger partial charge >= 0.3 is 0 Å². The molecule has 1 N–H and O–H groups in total. The average Bonchev–Trinajstić information content (AvgIpc) is 2.96. The first-order chi connectivity index (χ1) is 11.6. The van der Waals surface area contributed by atoms with Crippen LogP contribution in [0.15, 0.2) is 54.6 Å². The van der Waals surface area contributed by atoms with Crippen LogP contribution in [0.25, 0.3) is 0 Å². The topological polar surface area (TPSA) is 49.8 Å². The zero-order chi connectivity index (χ0) is 17.1. The van der Waals surface area contributed by atoms with Crippen LogP contribution in [0.3, 0.4) is 0 Å². The first kappa shape index (κ1) is 16.5. The molecule has 0 bridgehead atoms. The van der Waals surface area contributed by atoms with Crippen molar-refractivity contribution in [1.82, 2.24) is 4.90 Å². The number of hydrogen-bond acceptors (Lipinski definition) is 3. The second-order valence-corrected chi connectivity index (χ2v) is 6.00. The molecule has 5 heteroatoms. The lowest BCUT2D eigenvalue weighted by Crippen LogP contribution is -2.45. The molecule has 0 unspecified atom stereocenters. The molecule has 24 heavy (non-hydrogen) atoms. The number of rotatable bonds is 4. The minimum atomic E-state index is -0.814. The SMILES string of the molecule is CN(C(=O)c1ccccc1F)[C@@H]1CC[C@H](Oc2ccccc2)[C@H]1O. The molecule has 4 nitrogen and oxygen atoms in total. The van der Waals surface area contributed by atoms with Crippen LogP contribution in [-0.4, -0.2) is 41.2 Å². The van der Waals surface area contributed by atoms with Crippen LogP contribution < -0.4 is 4.74 Å². The number of para-hydroxylation sites is 1. The Kier molecular flexibility index (Phi) is 4.81. The maximum Gasteiger partial charge on any atom is 0.256 e. The number of ether oxygens (including phenoxy) is 1. The minimum Gasteiger partial charge on any atom is -0.488 e. The molecule has 0 saturated heterocycles. The Hall–Kier alpha value is -2.40. The van der Waals surface area contributed by atoms with Gasteiger partial charge in [-0.05, 0) is 37.1 Å². The van der Waals surface area contributed by atoms with Crippen LogP contribution in [0.2, 0.25) is 0 Å². The van der Waals surface area contributed by atoms with Crippen molar-refractivity contribution in [1.29, 1.82) is 0 Å². The van der Waals surface area contributed by atoms with Crippen LogP contribution in [0, 0.1) is 5.82 Å². The van der Waals surface area contributed by atoms with Crippen molar-refractivity contribution in [3.05, 3.63) is 66.0 Å². The molecule has 3 atom stereocenters. The standard InChI is InChI=1S/C19H20FNO3/c1-21(19(23)14-9-5-6-10-15(14)20)16-11-12-17(18(16)22)24-13-7-3-2-4-8-13/h2-10,16-18,22H,11-12H2,1H3/t16-,17+,18+/m1/s1. The Morgan fingerprint density at radius 2 is 1.79 bits per heavy atom. The summed E-state index contributed by atoms with van der Waals surface area (Å²) in [5.74, 6) is -0.304. The average molecular weight is 329 g/mol. The molecule has 3 rings (SSSR count). The molecule has 126 valence electrons. The third kappa shape index (κ3) is 3.26. The molecule has 0 heterocycles. The van der Waals surface area contributed by atoms with Gasteiger partial charge in [0.1, 0.15) is 23.8 Å². The van der Waals surface area contributed by atoms with E-state index in [-0.39, 0.29) is 11.7 Å². The van der Waals surface area contributed by atoms with E-state index in [9.17, 15) is 14.3 Å². The van der Waals surface area contributed by atoms with E-state index in [2.05, 4.69) is 0 Å². The monoisotopic (exact) mass is 329 g/mol. The number of nitrogens with zero attached hydrogens (tertiary/aromatic N) is 1. The third-order valence-electron chi connectivity index (χ3n) is 4.47. The highest BCUT2D eigenvalue weighted by molar-refractivity contribution is 5.94. The molecule has 0 spiro atoms. The summed E-state index contributed by atoms with van der Waals surface area (Å²) in [6.45, 7) is 0. The van der Waals surface area contributed by atoms with Crippen LogP contribution in [-0.2, 0) is 0 Å². The summed E-state index contributed by atoms with van der Waals surface area (Å²) >= 11 is 0. The van der Waals surface area contributed by atoms with Crippen LogP contribution in [0.4, 0.5) is 4.39 Å². The molecule has 2 aromatic rings. The summed E-state index contributed by atoms with van der Waals surface area (Å²) in [4.78, 5) is 13.9. The summed E-state index contributed by atoms with van der Waals surface area (Å²) in [5, 5.41) is 10.5. The maximum atomic E-state index is 13.8. The molecule has 1 fully saturated rings. The van der Waals surface area contributed by atoms with Crippen molar-refractivity contribution in [3.63, 3.8) is 0 Å². The number of halogens is 1. The maximum absolute atomic E-state index is 13.8. The van der Waals surface area contributed by atoms with E-state index in [0.29, 0.717) is 18.6 Å². The lowest BCUT2D eigenvalue weighted by molar-refractivity contribution is 0.0165. The molecule has 1 amide bonds. The van der Waals surface area contributed by atoms with E-state index < -0.39 is 23.9 Å². The largest absolute Gasteiger partial charge is 0.488 e. The van der Waals surface area contributed by atoms with Gasteiger partial charge in [-0.3, -0.25) is 4.79 Å². The van der Waals surface area contributed by atoms with Crippen LogP contribution >= 0.6 is 0 Å². The number of amides is 1. The number of aliphatic hydroxyl groups is 1. The number of hydrogen-bond donors (Lipinski definition) is 1. The van der Waals surface area contributed by atoms with Gasteiger partial charge < -0.3 is 14.7 Å². The number of carbonyl (C=O) groups is 1. The van der Waals surface area contributed by atoms with Gasteiger partial charge in [-0.15, -0.1) is 0 Å². The molecule has 1 aliphatic carbocycles. The predicted octanol–water partition coefficient (Wildman–Crippen LogP) is 2.87. The first-order valence-electron chi connectivity index (χ1n) is 7.99. The second-order valence-electron chi connectivity index (χ2n) is 6.00. The van der Waals surface area contributed by atoms with Crippen molar-refractivity contribution in [2.24, 2.45) is 0 Å². The van der Waals surface area contributed by atoms with Crippen molar-refractivity contribution in [3.8, 4) is 5.75 Å². The molecular formula is C19H20FNO3. The minimum absolute atomic E-state index is 0.0135. The summed E-state index contributed by atoms with van der Waals surface area (Å²) in [6.07, 6.45) is 0.0459. The van der Waals surface area contributed by atoms with E-state index in [1.807, 2.05) is 30.3 Å². The summed E-state index contributed by atoms with van der Waals surface area (Å²) in [6, 6.07) is 14.7. The molecular weight excluding hydrogens is 309 g/mol. The molecule has 2 aromatic carbocycles. The molecule has 0 aromatic heterocycles. The van der Waals surface area contributed by atoms with E-state index in [4.69, 9.17) is 4.74 Å². The van der Waals surface area contributed by atoms with E-state index >= 15 is 0 Å². The van der Waals surface area contributed by atoms with Gasteiger partial charge in [0.15, 0.2) is 0 Å². The van der Waals surface area contributed by atoms with Gasteiger partial charge in [0.2, 0.25) is 0 Å². The Morgan fingerprint density at radius 1 is 1.12 bits per heavy atom. The molecule has 0 radical (unpaired) electrons. The predicted molar refractivity (Wildman–Crippen MR) is 88.4 cm³/mol. The summed E-state index contributed by atoms with van der Waals surface area (Å²) < 4.78 is 19.6. The quantitative estimate of drug-likeness (QED) is 0.938. The van der Waals surface area contributed by atoms with Crippen LogP contribution in [0.1, 0.15) is 23.2 Å². The fourth-order valence-electron chi connectivity index (χ4n) is 3.12. The zero-order valence-electron chi connectivity index (χ0n) is 13.4. The van der Waals surface area contributed by atoms with Gasteiger partial charge in [-0.2, -0.15) is 0 Å². The molecule has 1 saturated carbocycles.